The van der Waals surface area contributed by atoms with Crippen molar-refractivity contribution < 1.29 is 38.6 Å². The number of carbonyl (C=O) groups is 5. The van der Waals surface area contributed by atoms with Crippen LogP contribution in [0.1, 0.15) is 200 Å². The largest absolute Gasteiger partial charge is 0.481 e. The van der Waals surface area contributed by atoms with Gasteiger partial charge in [0.15, 0.2) is 0 Å². The first-order valence-electron chi connectivity index (χ1n) is 21.0. The Hall–Kier alpha value is -2.69. The number of unbranched alkanes of at least 4 members (excludes halogenated alkanes) is 23. The van der Waals surface area contributed by atoms with E-state index in [0.29, 0.717) is 12.8 Å². The zero-order chi connectivity index (χ0) is 38.5. The van der Waals surface area contributed by atoms with Gasteiger partial charge in [0, 0.05) is 25.7 Å². The van der Waals surface area contributed by atoms with Gasteiger partial charge in [-0.3, -0.25) is 24.0 Å². The molecule has 0 spiro atoms. The lowest BCUT2D eigenvalue weighted by Crippen LogP contribution is -2.47. The number of hydrogen-bond donors (Lipinski definition) is 3. The van der Waals surface area contributed by atoms with Gasteiger partial charge in [0.2, 0.25) is 11.8 Å². The molecule has 0 aliphatic carbocycles. The van der Waals surface area contributed by atoms with Crippen LogP contribution in [0.3, 0.4) is 0 Å². The summed E-state index contributed by atoms with van der Waals surface area (Å²) < 4.78 is 10.8. The molecular weight excluding hydrogens is 662 g/mol. The Morgan fingerprint density at radius 2 is 0.846 bits per heavy atom. The van der Waals surface area contributed by atoms with Gasteiger partial charge >= 0.3 is 17.9 Å². The summed E-state index contributed by atoms with van der Waals surface area (Å²) in [5, 5.41) is 8.66. The molecule has 0 rings (SSSR count). The second-order valence-electron chi connectivity index (χ2n) is 14.5. The number of nitrogens with zero attached hydrogens (tertiary/aromatic N) is 1. The van der Waals surface area contributed by atoms with E-state index in [9.17, 15) is 24.0 Å². The second-order valence-corrected chi connectivity index (χ2v) is 14.5. The molecule has 52 heavy (non-hydrogen) atoms. The predicted molar refractivity (Wildman–Crippen MR) is 207 cm³/mol. The Balaban J connectivity index is 4.14. The fourth-order valence-electron chi connectivity index (χ4n) is 6.27. The monoisotopic (exact) mass is 740 g/mol. The number of carboxylic acids is 1. The van der Waals surface area contributed by atoms with Gasteiger partial charge in [-0.05, 0) is 25.7 Å². The van der Waals surface area contributed by atoms with Crippen LogP contribution in [-0.2, 0) is 33.4 Å². The summed E-state index contributed by atoms with van der Waals surface area (Å²) in [6.45, 7) is 2.52. The van der Waals surface area contributed by atoms with Gasteiger partial charge in [-0.2, -0.15) is 0 Å². The number of hydrogen-bond acceptors (Lipinski definition) is 8. The molecule has 0 aliphatic heterocycles. The van der Waals surface area contributed by atoms with E-state index in [2.05, 4.69) is 6.92 Å². The molecule has 0 aromatic rings. The highest BCUT2D eigenvalue weighted by Crippen LogP contribution is 2.15. The Morgan fingerprint density at radius 1 is 0.519 bits per heavy atom. The third kappa shape index (κ3) is 34.4. The summed E-state index contributed by atoms with van der Waals surface area (Å²) in [5.74, 6) is -2.25. The molecule has 0 saturated carbocycles. The van der Waals surface area contributed by atoms with Crippen LogP contribution in [0.4, 0.5) is 0 Å². The molecule has 0 unspecified atom stereocenters. The minimum Gasteiger partial charge on any atom is -0.481 e. The summed E-state index contributed by atoms with van der Waals surface area (Å²) in [6.07, 6.45) is 29.9. The van der Waals surface area contributed by atoms with Gasteiger partial charge in [0.25, 0.3) is 0 Å². The molecule has 1 atom stereocenters. The van der Waals surface area contributed by atoms with Crippen molar-refractivity contribution in [2.24, 2.45) is 11.5 Å². The lowest BCUT2D eigenvalue weighted by Gasteiger charge is -2.25. The summed E-state index contributed by atoms with van der Waals surface area (Å²) in [4.78, 5) is 60.8. The van der Waals surface area contributed by atoms with Gasteiger partial charge < -0.3 is 30.9 Å². The van der Waals surface area contributed by atoms with E-state index in [1.165, 1.54) is 101 Å². The molecule has 11 heteroatoms. The molecular formula is C41H77N3O8. The van der Waals surface area contributed by atoms with E-state index in [-0.39, 0.29) is 57.5 Å². The molecule has 0 aromatic heterocycles. The second kappa shape index (κ2) is 36.7. The maximum Gasteiger partial charge on any atom is 0.305 e. The van der Waals surface area contributed by atoms with Crippen molar-refractivity contribution in [2.75, 3.05) is 26.3 Å². The van der Waals surface area contributed by atoms with Gasteiger partial charge in [0.1, 0.15) is 13.2 Å². The first-order valence-corrected chi connectivity index (χ1v) is 21.0. The molecule has 0 heterocycles. The minimum absolute atomic E-state index is 0.0125. The fourth-order valence-corrected chi connectivity index (χ4v) is 6.27. The summed E-state index contributed by atoms with van der Waals surface area (Å²) >= 11 is 0. The number of amides is 2. The van der Waals surface area contributed by atoms with Crippen molar-refractivity contribution in [2.45, 2.75) is 206 Å². The maximum absolute atomic E-state index is 13.0. The third-order valence-corrected chi connectivity index (χ3v) is 9.59. The molecule has 0 bridgehead atoms. The normalized spacial score (nSPS) is 11.7. The van der Waals surface area contributed by atoms with E-state index in [4.69, 9.17) is 26.0 Å². The minimum atomic E-state index is -0.930. The highest BCUT2D eigenvalue weighted by atomic mass is 16.5. The average molecular weight is 740 g/mol. The van der Waals surface area contributed by atoms with E-state index in [1.54, 1.807) is 0 Å². The van der Waals surface area contributed by atoms with Crippen molar-refractivity contribution in [1.29, 1.82) is 0 Å². The number of aliphatic carboxylic acids is 1. The molecule has 11 nitrogen and oxygen atoms in total. The maximum atomic E-state index is 13.0. The summed E-state index contributed by atoms with van der Waals surface area (Å²) in [5.41, 5.74) is 11.3. The lowest BCUT2D eigenvalue weighted by atomic mass is 10.0. The highest BCUT2D eigenvalue weighted by Gasteiger charge is 2.22. The van der Waals surface area contributed by atoms with E-state index < -0.39 is 23.8 Å². The summed E-state index contributed by atoms with van der Waals surface area (Å²) in [6, 6.07) is -0.930. The van der Waals surface area contributed by atoms with Crippen molar-refractivity contribution in [3.63, 3.8) is 0 Å². The Morgan fingerprint density at radius 3 is 1.17 bits per heavy atom. The molecule has 0 aromatic carbocycles. The van der Waals surface area contributed by atoms with Gasteiger partial charge in [0.05, 0.1) is 19.1 Å². The van der Waals surface area contributed by atoms with Crippen LogP contribution in [0.2, 0.25) is 0 Å². The number of carbonyl (C=O) groups excluding carboxylic acids is 4. The number of carboxylic acid groups (broad SMARTS) is 1. The number of rotatable bonds is 39. The number of esters is 2. The number of ether oxygens (including phenoxy) is 2. The lowest BCUT2D eigenvalue weighted by molar-refractivity contribution is -0.148. The molecule has 0 aliphatic rings. The number of nitrogens with two attached hydrogens (primary N) is 2. The molecule has 0 fully saturated rings. The van der Waals surface area contributed by atoms with Crippen LogP contribution in [0.15, 0.2) is 0 Å². The van der Waals surface area contributed by atoms with Crippen LogP contribution in [0.25, 0.3) is 0 Å². The third-order valence-electron chi connectivity index (χ3n) is 9.59. The standard InChI is InChI=1S/C41H77N3O8/c1-2-3-4-5-6-7-8-9-13-16-19-22-25-28-39(48)51-34-32-44(41(50)36(42)30-31-37(43)45)33-35-52-40(49)29-26-23-20-17-14-11-10-12-15-18-21-24-27-38(46)47/h36H,2-35,42H2,1H3,(H2,43,45)(H,46,47)/t36-/m0/s1. The zero-order valence-electron chi connectivity index (χ0n) is 33.0. The SMILES string of the molecule is CCCCCCCCCCCCCCCC(=O)OCCN(CCOC(=O)CCCCCCCCCCCCCCC(=O)O)C(=O)[C@@H](N)CCC(N)=O. The first kappa shape index (κ1) is 49.3. The van der Waals surface area contributed by atoms with Crippen LogP contribution in [0.5, 0.6) is 0 Å². The smallest absolute Gasteiger partial charge is 0.305 e. The van der Waals surface area contributed by atoms with Crippen LogP contribution >= 0.6 is 0 Å². The van der Waals surface area contributed by atoms with Gasteiger partial charge in [-0.25, -0.2) is 0 Å². The van der Waals surface area contributed by atoms with Crippen molar-refractivity contribution in [3.05, 3.63) is 0 Å². The quantitative estimate of drug-likeness (QED) is 0.0411. The van der Waals surface area contributed by atoms with Crippen molar-refractivity contribution in [3.8, 4) is 0 Å². The molecule has 0 saturated heterocycles. The highest BCUT2D eigenvalue weighted by molar-refractivity contribution is 5.83. The van der Waals surface area contributed by atoms with Crippen LogP contribution < -0.4 is 11.5 Å². The Kier molecular flexibility index (Phi) is 34.8. The zero-order valence-corrected chi connectivity index (χ0v) is 33.0. The van der Waals surface area contributed by atoms with E-state index in [0.717, 1.165) is 64.2 Å². The Labute approximate surface area is 316 Å². The molecule has 2 amide bonds. The molecule has 0 radical (unpaired) electrons. The average Bonchev–Trinajstić information content (AvgIpc) is 3.11. The number of primary amides is 1. The molecule has 5 N–H and O–H groups in total. The van der Waals surface area contributed by atoms with Gasteiger partial charge in [-0.1, -0.05) is 148 Å². The summed E-state index contributed by atoms with van der Waals surface area (Å²) in [7, 11) is 0. The van der Waals surface area contributed by atoms with E-state index >= 15 is 0 Å². The first-order chi connectivity index (χ1) is 25.2. The van der Waals surface area contributed by atoms with Crippen LogP contribution in [0, 0.1) is 0 Å². The Bertz CT molecular complexity index is 916. The van der Waals surface area contributed by atoms with Gasteiger partial charge in [-0.15, -0.1) is 0 Å². The molecule has 304 valence electrons. The predicted octanol–water partition coefficient (Wildman–Crippen LogP) is 8.52. The van der Waals surface area contributed by atoms with Crippen molar-refractivity contribution >= 4 is 29.7 Å². The van der Waals surface area contributed by atoms with Crippen molar-refractivity contribution in [1.82, 2.24) is 4.90 Å². The van der Waals surface area contributed by atoms with E-state index in [1.807, 2.05) is 0 Å². The van der Waals surface area contributed by atoms with Crippen LogP contribution in [-0.4, -0.2) is 72.1 Å². The topological polar surface area (TPSA) is 179 Å². The fraction of sp³-hybridized carbons (Fsp3) is 0.878.